The highest BCUT2D eigenvalue weighted by atomic mass is 16.5. The first-order valence-corrected chi connectivity index (χ1v) is 12.6. The molecule has 31 heavy (non-hydrogen) atoms. The van der Waals surface area contributed by atoms with E-state index in [1.807, 2.05) is 7.11 Å². The average Bonchev–Trinajstić information content (AvgIpc) is 3.49. The van der Waals surface area contributed by atoms with Crippen LogP contribution in [0.4, 0.5) is 0 Å². The molecular formula is C24H38N2O5. The number of likely N-dealkylation sites (tertiary alicyclic amines) is 1. The molecule has 2 bridgehead atoms. The Balaban J connectivity index is 1.38. The maximum atomic E-state index is 11.1. The van der Waals surface area contributed by atoms with Gasteiger partial charge < -0.3 is 25.0 Å². The number of methoxy groups -OCH3 is 1. The monoisotopic (exact) mass is 434 g/mol. The number of nitrogens with one attached hydrogen (secondary N) is 1. The number of ether oxygens (including phenoxy) is 2. The topological polar surface area (TPSA) is 91.3 Å². The van der Waals surface area contributed by atoms with Gasteiger partial charge in [-0.05, 0) is 69.7 Å². The second kappa shape index (κ2) is 7.39. The number of aliphatic hydroxyl groups excluding tert-OH is 1. The Morgan fingerprint density at radius 2 is 2.06 bits per heavy atom. The van der Waals surface area contributed by atoms with E-state index < -0.39 is 12.1 Å². The second-order valence-corrected chi connectivity index (χ2v) is 11.3. The predicted molar refractivity (Wildman–Crippen MR) is 114 cm³/mol. The van der Waals surface area contributed by atoms with Crippen molar-refractivity contribution < 1.29 is 24.5 Å². The molecule has 7 heteroatoms. The van der Waals surface area contributed by atoms with Crippen LogP contribution in [0.15, 0.2) is 0 Å². The van der Waals surface area contributed by atoms with E-state index >= 15 is 0 Å². The lowest BCUT2D eigenvalue weighted by Crippen LogP contribution is -2.79. The first-order chi connectivity index (χ1) is 15.0. The molecule has 6 rings (SSSR count). The SMILES string of the molecule is CO[C@]12CC[C@H](NCCC(=O)O)[C@@H]3OC4C(O)CCC5CC1N(CC1CC1)CC[C@]32C54. The Morgan fingerprint density at radius 3 is 2.81 bits per heavy atom. The Hall–Kier alpha value is -0.730. The van der Waals surface area contributed by atoms with Gasteiger partial charge in [-0.15, -0.1) is 0 Å². The van der Waals surface area contributed by atoms with Crippen LogP contribution in [0.3, 0.4) is 0 Å². The minimum Gasteiger partial charge on any atom is -0.481 e. The Kier molecular flexibility index (Phi) is 4.97. The predicted octanol–water partition coefficient (Wildman–Crippen LogP) is 1.63. The van der Waals surface area contributed by atoms with Gasteiger partial charge in [-0.2, -0.15) is 0 Å². The summed E-state index contributed by atoms with van der Waals surface area (Å²) in [6.07, 6.45) is 8.46. The summed E-state index contributed by atoms with van der Waals surface area (Å²) >= 11 is 0. The fraction of sp³-hybridized carbons (Fsp3) is 0.958. The van der Waals surface area contributed by atoms with Crippen LogP contribution >= 0.6 is 0 Å². The van der Waals surface area contributed by atoms with E-state index in [-0.39, 0.29) is 35.7 Å². The summed E-state index contributed by atoms with van der Waals surface area (Å²) in [5, 5.41) is 23.6. The van der Waals surface area contributed by atoms with Gasteiger partial charge in [0.1, 0.15) is 0 Å². The number of carboxylic acid groups (broad SMARTS) is 1. The molecule has 2 saturated heterocycles. The van der Waals surface area contributed by atoms with E-state index in [2.05, 4.69) is 10.2 Å². The van der Waals surface area contributed by atoms with E-state index in [0.717, 1.165) is 44.6 Å². The lowest BCUT2D eigenvalue weighted by Gasteiger charge is -2.70. The van der Waals surface area contributed by atoms with Crippen LogP contribution in [0.25, 0.3) is 0 Å². The third kappa shape index (κ3) is 2.86. The van der Waals surface area contributed by atoms with Gasteiger partial charge in [0.25, 0.3) is 0 Å². The van der Waals surface area contributed by atoms with E-state index in [0.29, 0.717) is 24.4 Å². The molecule has 3 N–H and O–H groups in total. The van der Waals surface area contributed by atoms with Gasteiger partial charge in [0.05, 0.1) is 30.3 Å². The largest absolute Gasteiger partial charge is 0.481 e. The molecule has 9 atom stereocenters. The molecule has 0 aromatic carbocycles. The number of aliphatic hydroxyl groups is 1. The van der Waals surface area contributed by atoms with Crippen molar-refractivity contribution in [2.24, 2.45) is 23.2 Å². The third-order valence-corrected chi connectivity index (χ3v) is 10.1. The van der Waals surface area contributed by atoms with Gasteiger partial charge in [0, 0.05) is 43.6 Å². The van der Waals surface area contributed by atoms with Crippen molar-refractivity contribution in [3.05, 3.63) is 0 Å². The van der Waals surface area contributed by atoms with Crippen LogP contribution in [0.2, 0.25) is 0 Å². The minimum atomic E-state index is -0.768. The molecular weight excluding hydrogens is 396 g/mol. The zero-order valence-electron chi connectivity index (χ0n) is 18.7. The molecule has 5 unspecified atom stereocenters. The normalized spacial score (nSPS) is 50.8. The minimum absolute atomic E-state index is 0.00822. The number of carboxylic acids is 1. The van der Waals surface area contributed by atoms with E-state index in [4.69, 9.17) is 14.6 Å². The summed E-state index contributed by atoms with van der Waals surface area (Å²) in [6, 6.07) is 0.572. The highest BCUT2D eigenvalue weighted by Crippen LogP contribution is 2.70. The standard InChI is InChI=1S/C24H38N2O5/c1-30-24-8-6-16(25-10-7-19(28)29)22-23(24)9-11-26(13-14-2-3-14)18(24)12-15-4-5-17(27)21(31-22)20(15)23/h14-18,20-22,25,27H,2-13H2,1H3,(H,28,29)/t15?,16-,17?,18?,20?,21?,22-,23-,24+/m0/s1. The Labute approximate surface area is 184 Å². The van der Waals surface area contributed by atoms with Crippen molar-refractivity contribution in [2.75, 3.05) is 26.7 Å². The smallest absolute Gasteiger partial charge is 0.304 e. The molecule has 2 aliphatic heterocycles. The van der Waals surface area contributed by atoms with Crippen LogP contribution in [0.5, 0.6) is 0 Å². The Bertz CT molecular complexity index is 731. The van der Waals surface area contributed by atoms with Gasteiger partial charge in [-0.1, -0.05) is 0 Å². The molecule has 0 aromatic rings. The van der Waals surface area contributed by atoms with Gasteiger partial charge in [0.15, 0.2) is 0 Å². The first kappa shape index (κ1) is 20.8. The number of hydrogen-bond donors (Lipinski definition) is 3. The van der Waals surface area contributed by atoms with Crippen LogP contribution in [0, 0.1) is 23.2 Å². The molecule has 4 aliphatic carbocycles. The Morgan fingerprint density at radius 1 is 1.23 bits per heavy atom. The molecule has 7 nitrogen and oxygen atoms in total. The number of carbonyl (C=O) groups is 1. The van der Waals surface area contributed by atoms with Crippen molar-refractivity contribution in [3.63, 3.8) is 0 Å². The summed E-state index contributed by atoms with van der Waals surface area (Å²) in [6.45, 7) is 2.77. The molecule has 2 heterocycles. The van der Waals surface area contributed by atoms with E-state index in [9.17, 15) is 9.90 Å². The van der Waals surface area contributed by atoms with Crippen LogP contribution in [0.1, 0.15) is 57.8 Å². The lowest BCUT2D eigenvalue weighted by molar-refractivity contribution is -0.272. The summed E-state index contributed by atoms with van der Waals surface area (Å²) in [5.74, 6) is 1.04. The molecule has 6 aliphatic rings. The zero-order chi connectivity index (χ0) is 21.4. The fourth-order valence-electron chi connectivity index (χ4n) is 8.86. The van der Waals surface area contributed by atoms with Crippen LogP contribution in [-0.4, -0.2) is 83.8 Å². The third-order valence-electron chi connectivity index (χ3n) is 10.1. The highest BCUT2D eigenvalue weighted by molar-refractivity contribution is 5.66. The number of rotatable bonds is 7. The second-order valence-electron chi connectivity index (χ2n) is 11.3. The number of aliphatic carboxylic acids is 1. The molecule has 0 amide bonds. The first-order valence-electron chi connectivity index (χ1n) is 12.6. The van der Waals surface area contributed by atoms with Crippen molar-refractivity contribution in [3.8, 4) is 0 Å². The fourth-order valence-corrected chi connectivity index (χ4v) is 8.86. The van der Waals surface area contributed by atoms with Crippen molar-refractivity contribution >= 4 is 5.97 Å². The summed E-state index contributed by atoms with van der Waals surface area (Å²) in [7, 11) is 1.91. The van der Waals surface area contributed by atoms with Gasteiger partial charge in [0.2, 0.25) is 0 Å². The molecule has 6 fully saturated rings. The summed E-state index contributed by atoms with van der Waals surface area (Å²) in [5.41, 5.74) is -0.302. The van der Waals surface area contributed by atoms with Gasteiger partial charge in [-0.3, -0.25) is 9.69 Å². The maximum absolute atomic E-state index is 11.1. The average molecular weight is 435 g/mol. The van der Waals surface area contributed by atoms with E-state index in [1.165, 1.54) is 25.8 Å². The quantitative estimate of drug-likeness (QED) is 0.561. The number of nitrogens with zero attached hydrogens (tertiary/aromatic N) is 1. The van der Waals surface area contributed by atoms with Crippen molar-refractivity contribution in [1.82, 2.24) is 10.2 Å². The highest BCUT2D eigenvalue weighted by Gasteiger charge is 2.78. The summed E-state index contributed by atoms with van der Waals surface area (Å²) < 4.78 is 13.4. The van der Waals surface area contributed by atoms with Gasteiger partial charge >= 0.3 is 5.97 Å². The molecule has 1 spiro atoms. The molecule has 174 valence electrons. The molecule has 0 radical (unpaired) electrons. The van der Waals surface area contributed by atoms with Crippen LogP contribution < -0.4 is 5.32 Å². The summed E-state index contributed by atoms with van der Waals surface area (Å²) in [4.78, 5) is 13.8. The number of hydrogen-bond acceptors (Lipinski definition) is 6. The van der Waals surface area contributed by atoms with Gasteiger partial charge in [-0.25, -0.2) is 0 Å². The van der Waals surface area contributed by atoms with Crippen LogP contribution in [-0.2, 0) is 14.3 Å². The molecule has 4 saturated carbocycles. The molecule has 0 aromatic heterocycles. The zero-order valence-corrected chi connectivity index (χ0v) is 18.7. The van der Waals surface area contributed by atoms with E-state index in [1.54, 1.807) is 0 Å². The van der Waals surface area contributed by atoms with Crippen molar-refractivity contribution in [1.29, 1.82) is 0 Å². The number of piperidine rings is 1. The van der Waals surface area contributed by atoms with Crippen molar-refractivity contribution in [2.45, 2.75) is 93.8 Å². The maximum Gasteiger partial charge on any atom is 0.304 e. The lowest BCUT2D eigenvalue weighted by atomic mass is 9.42.